The van der Waals surface area contributed by atoms with Crippen LogP contribution in [-0.2, 0) is 16.6 Å². The second kappa shape index (κ2) is 5.78. The van der Waals surface area contributed by atoms with Crippen molar-refractivity contribution in [2.45, 2.75) is 30.3 Å². The smallest absolute Gasteiger partial charge is 0.267 e. The fourth-order valence-electron chi connectivity index (χ4n) is 1.81. The summed E-state index contributed by atoms with van der Waals surface area (Å²) in [5.41, 5.74) is 0. The predicted octanol–water partition coefficient (Wildman–Crippen LogP) is 0.226. The fourth-order valence-corrected chi connectivity index (χ4v) is 2.72. The van der Waals surface area contributed by atoms with E-state index in [0.29, 0.717) is 12.6 Å². The standard InChI is InChI=1S/C12H16N6O2S/c19-21(20,17-12-14-4-1-5-15-12)11-8-16-18(9-11)7-6-13-10-2-3-10/h1,4-5,8-10,13H,2-3,6-7H2,(H,14,15,17). The molecule has 1 aliphatic rings. The molecular weight excluding hydrogens is 292 g/mol. The molecule has 21 heavy (non-hydrogen) atoms. The van der Waals surface area contributed by atoms with E-state index < -0.39 is 10.0 Å². The lowest BCUT2D eigenvalue weighted by Crippen LogP contribution is -2.22. The summed E-state index contributed by atoms with van der Waals surface area (Å²) >= 11 is 0. The molecule has 1 fully saturated rings. The van der Waals surface area contributed by atoms with E-state index in [2.05, 4.69) is 25.1 Å². The summed E-state index contributed by atoms with van der Waals surface area (Å²) in [7, 11) is -3.70. The highest BCUT2D eigenvalue weighted by Gasteiger charge is 2.20. The fraction of sp³-hybridized carbons (Fsp3) is 0.417. The number of hydrogen-bond donors (Lipinski definition) is 2. The number of sulfonamides is 1. The summed E-state index contributed by atoms with van der Waals surface area (Å²) in [6.45, 7) is 1.41. The second-order valence-corrected chi connectivity index (χ2v) is 6.53. The Morgan fingerprint density at radius 3 is 2.76 bits per heavy atom. The first-order valence-corrected chi connectivity index (χ1v) is 8.17. The lowest BCUT2D eigenvalue weighted by atomic mass is 10.6. The monoisotopic (exact) mass is 308 g/mol. The molecular formula is C12H16N6O2S. The van der Waals surface area contributed by atoms with Crippen molar-refractivity contribution in [3.63, 3.8) is 0 Å². The van der Waals surface area contributed by atoms with E-state index in [-0.39, 0.29) is 10.8 Å². The zero-order chi connectivity index (χ0) is 14.7. The van der Waals surface area contributed by atoms with Gasteiger partial charge in [0.25, 0.3) is 10.0 Å². The Labute approximate surface area is 122 Å². The number of nitrogens with zero attached hydrogens (tertiary/aromatic N) is 4. The molecule has 8 nitrogen and oxygen atoms in total. The molecule has 1 aliphatic carbocycles. The Bertz CT molecular complexity index is 696. The Hall–Kier alpha value is -2.00. The van der Waals surface area contributed by atoms with E-state index in [1.54, 1.807) is 10.7 Å². The number of hydrogen-bond acceptors (Lipinski definition) is 6. The van der Waals surface area contributed by atoms with Crippen molar-refractivity contribution >= 4 is 16.0 Å². The molecule has 3 rings (SSSR count). The molecule has 0 unspecified atom stereocenters. The summed E-state index contributed by atoms with van der Waals surface area (Å²) in [6.07, 6.45) is 8.21. The molecule has 2 aromatic heterocycles. The molecule has 2 N–H and O–H groups in total. The van der Waals surface area contributed by atoms with Crippen LogP contribution in [-0.4, -0.2) is 40.8 Å². The van der Waals surface area contributed by atoms with Crippen LogP contribution in [0, 0.1) is 0 Å². The molecule has 1 saturated carbocycles. The molecule has 112 valence electrons. The molecule has 0 saturated heterocycles. The van der Waals surface area contributed by atoms with Gasteiger partial charge in [-0.15, -0.1) is 0 Å². The largest absolute Gasteiger partial charge is 0.312 e. The van der Waals surface area contributed by atoms with Gasteiger partial charge in [-0.1, -0.05) is 0 Å². The first-order valence-electron chi connectivity index (χ1n) is 6.69. The van der Waals surface area contributed by atoms with Crippen LogP contribution in [0.5, 0.6) is 0 Å². The summed E-state index contributed by atoms with van der Waals surface area (Å²) in [5.74, 6) is 0.0423. The highest BCUT2D eigenvalue weighted by Crippen LogP contribution is 2.18. The molecule has 0 radical (unpaired) electrons. The lowest BCUT2D eigenvalue weighted by Gasteiger charge is -2.04. The third kappa shape index (κ3) is 3.76. The predicted molar refractivity (Wildman–Crippen MR) is 76.1 cm³/mol. The minimum absolute atomic E-state index is 0.0423. The van der Waals surface area contributed by atoms with Gasteiger partial charge in [0.2, 0.25) is 5.95 Å². The summed E-state index contributed by atoms with van der Waals surface area (Å²) < 4.78 is 28.2. The van der Waals surface area contributed by atoms with Gasteiger partial charge in [-0.05, 0) is 18.9 Å². The van der Waals surface area contributed by atoms with Crippen LogP contribution >= 0.6 is 0 Å². The van der Waals surface area contributed by atoms with Gasteiger partial charge in [0.15, 0.2) is 0 Å². The third-order valence-electron chi connectivity index (χ3n) is 3.06. The molecule has 9 heteroatoms. The minimum atomic E-state index is -3.70. The molecule has 0 amide bonds. The summed E-state index contributed by atoms with van der Waals surface area (Å²) in [5, 5.41) is 7.41. The zero-order valence-corrected chi connectivity index (χ0v) is 12.1. The number of rotatable bonds is 7. The third-order valence-corrected chi connectivity index (χ3v) is 4.35. The number of nitrogens with one attached hydrogen (secondary N) is 2. The first kappa shape index (κ1) is 14.0. The normalized spacial score (nSPS) is 15.0. The van der Waals surface area contributed by atoms with Crippen molar-refractivity contribution < 1.29 is 8.42 Å². The average molecular weight is 308 g/mol. The Morgan fingerprint density at radius 1 is 1.29 bits per heavy atom. The van der Waals surface area contributed by atoms with Crippen LogP contribution in [0.1, 0.15) is 12.8 Å². The zero-order valence-electron chi connectivity index (χ0n) is 11.3. The molecule has 0 spiro atoms. The van der Waals surface area contributed by atoms with Crippen molar-refractivity contribution in [2.75, 3.05) is 11.3 Å². The molecule has 0 aliphatic heterocycles. The van der Waals surface area contributed by atoms with Crippen molar-refractivity contribution in [3.05, 3.63) is 30.9 Å². The van der Waals surface area contributed by atoms with E-state index >= 15 is 0 Å². The molecule has 2 heterocycles. The van der Waals surface area contributed by atoms with E-state index in [9.17, 15) is 8.42 Å². The van der Waals surface area contributed by atoms with E-state index in [1.807, 2.05) is 0 Å². The lowest BCUT2D eigenvalue weighted by molar-refractivity contribution is 0.552. The molecule has 0 atom stereocenters. The van der Waals surface area contributed by atoms with Gasteiger partial charge in [-0.2, -0.15) is 5.10 Å². The van der Waals surface area contributed by atoms with Crippen molar-refractivity contribution in [1.29, 1.82) is 0 Å². The summed E-state index contributed by atoms with van der Waals surface area (Å²) in [6, 6.07) is 2.24. The Balaban J connectivity index is 1.63. The van der Waals surface area contributed by atoms with E-state index in [1.165, 1.54) is 37.6 Å². The van der Waals surface area contributed by atoms with Gasteiger partial charge < -0.3 is 5.32 Å². The topological polar surface area (TPSA) is 102 Å². The van der Waals surface area contributed by atoms with E-state index in [0.717, 1.165) is 6.54 Å². The quantitative estimate of drug-likeness (QED) is 0.759. The van der Waals surface area contributed by atoms with Crippen LogP contribution < -0.4 is 10.0 Å². The van der Waals surface area contributed by atoms with Gasteiger partial charge in [0.05, 0.1) is 12.7 Å². The maximum absolute atomic E-state index is 12.1. The van der Waals surface area contributed by atoms with Crippen LogP contribution in [0.15, 0.2) is 35.7 Å². The Morgan fingerprint density at radius 2 is 2.05 bits per heavy atom. The van der Waals surface area contributed by atoms with Crippen molar-refractivity contribution in [2.24, 2.45) is 0 Å². The van der Waals surface area contributed by atoms with Crippen molar-refractivity contribution in [1.82, 2.24) is 25.1 Å². The van der Waals surface area contributed by atoms with Gasteiger partial charge in [0.1, 0.15) is 4.90 Å². The van der Waals surface area contributed by atoms with Crippen LogP contribution in [0.4, 0.5) is 5.95 Å². The highest BCUT2D eigenvalue weighted by molar-refractivity contribution is 7.92. The van der Waals surface area contributed by atoms with Gasteiger partial charge >= 0.3 is 0 Å². The molecule has 2 aromatic rings. The maximum Gasteiger partial charge on any atom is 0.267 e. The molecule has 0 aromatic carbocycles. The first-order chi connectivity index (χ1) is 10.1. The van der Waals surface area contributed by atoms with Gasteiger partial charge in [-0.25, -0.2) is 23.1 Å². The number of anilines is 1. The highest BCUT2D eigenvalue weighted by atomic mass is 32.2. The second-order valence-electron chi connectivity index (χ2n) is 4.85. The van der Waals surface area contributed by atoms with Crippen LogP contribution in [0.2, 0.25) is 0 Å². The van der Waals surface area contributed by atoms with Crippen LogP contribution in [0.3, 0.4) is 0 Å². The van der Waals surface area contributed by atoms with Crippen molar-refractivity contribution in [3.8, 4) is 0 Å². The average Bonchev–Trinajstić information content (AvgIpc) is 3.15. The van der Waals surface area contributed by atoms with Gasteiger partial charge in [-0.3, -0.25) is 4.68 Å². The van der Waals surface area contributed by atoms with Gasteiger partial charge in [0, 0.05) is 31.2 Å². The minimum Gasteiger partial charge on any atom is -0.312 e. The number of aromatic nitrogens is 4. The van der Waals surface area contributed by atoms with Crippen LogP contribution in [0.25, 0.3) is 0 Å². The molecule has 0 bridgehead atoms. The van der Waals surface area contributed by atoms with E-state index in [4.69, 9.17) is 0 Å². The maximum atomic E-state index is 12.1. The Kier molecular flexibility index (Phi) is 3.84. The summed E-state index contributed by atoms with van der Waals surface area (Å²) in [4.78, 5) is 7.77. The SMILES string of the molecule is O=S(=O)(Nc1ncccn1)c1cnn(CCNC2CC2)c1.